The first-order valence-electron chi connectivity index (χ1n) is 8.36. The highest BCUT2D eigenvalue weighted by Gasteiger charge is 2.24. The van der Waals surface area contributed by atoms with Crippen LogP contribution in [0.1, 0.15) is 23.2 Å². The van der Waals surface area contributed by atoms with E-state index in [0.717, 1.165) is 5.56 Å². The topological polar surface area (TPSA) is 108 Å². The lowest BCUT2D eigenvalue weighted by Crippen LogP contribution is -2.42. The fourth-order valence-electron chi connectivity index (χ4n) is 2.61. The molecule has 0 fully saturated rings. The molecule has 2 aromatic rings. The molecule has 0 aliphatic heterocycles. The molecule has 0 saturated heterocycles. The molecule has 1 amide bonds. The normalized spacial score (nSPS) is 11.3. The van der Waals surface area contributed by atoms with Crippen molar-refractivity contribution >= 4 is 23.5 Å². The van der Waals surface area contributed by atoms with Gasteiger partial charge < -0.3 is 20.5 Å². The minimum absolute atomic E-state index is 0.0240. The lowest BCUT2D eigenvalue weighted by molar-refractivity contribution is -0.144. The third kappa shape index (κ3) is 5.31. The van der Waals surface area contributed by atoms with Crippen LogP contribution < -0.4 is 11.1 Å². The Morgan fingerprint density at radius 2 is 1.74 bits per heavy atom. The Hall–Kier alpha value is -3.35. The lowest BCUT2D eigenvalue weighted by Gasteiger charge is -2.17. The second-order valence-corrected chi connectivity index (χ2v) is 5.84. The number of carbonyl (C=O) groups excluding carboxylic acids is 3. The van der Waals surface area contributed by atoms with Gasteiger partial charge >= 0.3 is 11.9 Å². The number of nitrogens with two attached hydrogens (primary N) is 1. The molecule has 0 unspecified atom stereocenters. The van der Waals surface area contributed by atoms with Gasteiger partial charge in [-0.25, -0.2) is 4.79 Å². The van der Waals surface area contributed by atoms with E-state index in [0.29, 0.717) is 16.8 Å². The molecule has 0 aliphatic rings. The maximum absolute atomic E-state index is 12.8. The summed E-state index contributed by atoms with van der Waals surface area (Å²) in [5.74, 6) is -1.58. The highest BCUT2D eigenvalue weighted by atomic mass is 16.5. The van der Waals surface area contributed by atoms with Gasteiger partial charge in [-0.1, -0.05) is 30.3 Å². The summed E-state index contributed by atoms with van der Waals surface area (Å²) >= 11 is 0. The number of hydrogen-bond acceptors (Lipinski definition) is 6. The molecule has 7 nitrogen and oxygen atoms in total. The van der Waals surface area contributed by atoms with Gasteiger partial charge in [0.15, 0.2) is 0 Å². The Bertz CT molecular complexity index is 820. The molecule has 0 spiro atoms. The number of nitrogens with one attached hydrogen (secondary N) is 1. The van der Waals surface area contributed by atoms with E-state index in [1.54, 1.807) is 18.2 Å². The Labute approximate surface area is 157 Å². The zero-order valence-corrected chi connectivity index (χ0v) is 15.2. The number of amides is 1. The third-order valence-electron chi connectivity index (χ3n) is 4.03. The minimum Gasteiger partial charge on any atom is -0.469 e. The van der Waals surface area contributed by atoms with Crippen molar-refractivity contribution in [2.75, 3.05) is 20.0 Å². The summed E-state index contributed by atoms with van der Waals surface area (Å²) in [6.07, 6.45) is 0.0462. The second-order valence-electron chi connectivity index (χ2n) is 5.84. The first-order valence-corrected chi connectivity index (χ1v) is 8.36. The van der Waals surface area contributed by atoms with Crippen molar-refractivity contribution in [3.05, 3.63) is 54.1 Å². The van der Waals surface area contributed by atoms with Crippen LogP contribution in [0.4, 0.5) is 5.69 Å². The number of carbonyl (C=O) groups is 3. The van der Waals surface area contributed by atoms with Gasteiger partial charge in [-0.3, -0.25) is 9.59 Å². The largest absolute Gasteiger partial charge is 0.469 e. The number of ether oxygens (including phenoxy) is 2. The predicted octanol–water partition coefficient (Wildman–Crippen LogP) is 2.16. The summed E-state index contributed by atoms with van der Waals surface area (Å²) in [5, 5.41) is 2.63. The number of nitrogen functional groups attached to an aromatic ring is 1. The molecule has 0 saturated carbocycles. The highest BCUT2D eigenvalue weighted by Crippen LogP contribution is 2.26. The molecule has 142 valence electrons. The molecule has 27 heavy (non-hydrogen) atoms. The zero-order chi connectivity index (χ0) is 19.8. The number of esters is 2. The van der Waals surface area contributed by atoms with Crippen molar-refractivity contribution in [3.8, 4) is 11.1 Å². The number of methoxy groups -OCH3 is 2. The van der Waals surface area contributed by atoms with E-state index in [9.17, 15) is 14.4 Å². The average Bonchev–Trinajstić information content (AvgIpc) is 2.70. The monoisotopic (exact) mass is 370 g/mol. The Morgan fingerprint density at radius 1 is 1.04 bits per heavy atom. The summed E-state index contributed by atoms with van der Waals surface area (Å²) in [4.78, 5) is 36.2. The molecule has 1 atom stereocenters. The summed E-state index contributed by atoms with van der Waals surface area (Å²) in [5.41, 5.74) is 8.21. The SMILES string of the molecule is COC(=O)CC[C@H](NC(=O)c1ccc(N)cc1-c1ccccc1)C(=O)OC. The third-order valence-corrected chi connectivity index (χ3v) is 4.03. The lowest BCUT2D eigenvalue weighted by atomic mass is 9.98. The van der Waals surface area contributed by atoms with Crippen molar-refractivity contribution < 1.29 is 23.9 Å². The number of hydrogen-bond donors (Lipinski definition) is 2. The Morgan fingerprint density at radius 3 is 2.37 bits per heavy atom. The smallest absolute Gasteiger partial charge is 0.328 e. The Balaban J connectivity index is 2.27. The molecule has 0 aromatic heterocycles. The van der Waals surface area contributed by atoms with Crippen LogP contribution in [0.5, 0.6) is 0 Å². The molecule has 7 heteroatoms. The number of rotatable bonds is 7. The van der Waals surface area contributed by atoms with E-state index in [1.165, 1.54) is 14.2 Å². The first kappa shape index (κ1) is 20.0. The van der Waals surface area contributed by atoms with Crippen LogP contribution in [0.25, 0.3) is 11.1 Å². The maximum Gasteiger partial charge on any atom is 0.328 e. The summed E-state index contributed by atoms with van der Waals surface area (Å²) in [7, 11) is 2.48. The van der Waals surface area contributed by atoms with Gasteiger partial charge in [-0.05, 0) is 35.7 Å². The molecule has 0 bridgehead atoms. The zero-order valence-electron chi connectivity index (χ0n) is 15.2. The maximum atomic E-state index is 12.8. The predicted molar refractivity (Wildman–Crippen MR) is 101 cm³/mol. The number of anilines is 1. The van der Waals surface area contributed by atoms with Gasteiger partial charge in [0, 0.05) is 17.7 Å². The van der Waals surface area contributed by atoms with Crippen LogP contribution >= 0.6 is 0 Å². The van der Waals surface area contributed by atoms with Crippen molar-refractivity contribution in [1.29, 1.82) is 0 Å². The fraction of sp³-hybridized carbons (Fsp3) is 0.250. The van der Waals surface area contributed by atoms with Crippen molar-refractivity contribution in [2.24, 2.45) is 0 Å². The van der Waals surface area contributed by atoms with Crippen LogP contribution in [-0.4, -0.2) is 38.1 Å². The second kappa shape index (κ2) is 9.38. The van der Waals surface area contributed by atoms with E-state index < -0.39 is 23.9 Å². The Kier molecular flexibility index (Phi) is 6.93. The minimum atomic E-state index is -0.970. The molecule has 2 aromatic carbocycles. The summed E-state index contributed by atoms with van der Waals surface area (Å²) in [6.45, 7) is 0. The fourth-order valence-corrected chi connectivity index (χ4v) is 2.61. The summed E-state index contributed by atoms with van der Waals surface area (Å²) < 4.78 is 9.30. The van der Waals surface area contributed by atoms with E-state index in [2.05, 4.69) is 10.1 Å². The van der Waals surface area contributed by atoms with Crippen molar-refractivity contribution in [1.82, 2.24) is 5.32 Å². The van der Waals surface area contributed by atoms with Crippen molar-refractivity contribution in [2.45, 2.75) is 18.9 Å². The van der Waals surface area contributed by atoms with Gasteiger partial charge in [-0.15, -0.1) is 0 Å². The van der Waals surface area contributed by atoms with Crippen molar-refractivity contribution in [3.63, 3.8) is 0 Å². The molecule has 0 aliphatic carbocycles. The van der Waals surface area contributed by atoms with Crippen LogP contribution in [0.3, 0.4) is 0 Å². The van der Waals surface area contributed by atoms with Crippen LogP contribution in [-0.2, 0) is 19.1 Å². The summed E-state index contributed by atoms with van der Waals surface area (Å²) in [6, 6.07) is 13.2. The quantitative estimate of drug-likeness (QED) is 0.571. The standard InChI is InChI=1S/C20H22N2O5/c1-26-18(23)11-10-17(20(25)27-2)22-19(24)15-9-8-14(21)12-16(15)13-6-4-3-5-7-13/h3-9,12,17H,10-11,21H2,1-2H3,(H,22,24)/t17-/m0/s1. The molecule has 0 radical (unpaired) electrons. The highest BCUT2D eigenvalue weighted by molar-refractivity contribution is 6.03. The van der Waals surface area contributed by atoms with Gasteiger partial charge in [0.05, 0.1) is 14.2 Å². The number of benzene rings is 2. The van der Waals surface area contributed by atoms with Gasteiger partial charge in [0.2, 0.25) is 0 Å². The molecular formula is C20H22N2O5. The first-order chi connectivity index (χ1) is 13.0. The van der Waals surface area contributed by atoms with E-state index in [4.69, 9.17) is 10.5 Å². The van der Waals surface area contributed by atoms with Crippen LogP contribution in [0.15, 0.2) is 48.5 Å². The molecular weight excluding hydrogens is 348 g/mol. The van der Waals surface area contributed by atoms with Gasteiger partial charge in [0.1, 0.15) is 6.04 Å². The molecule has 2 rings (SSSR count). The average molecular weight is 370 g/mol. The van der Waals surface area contributed by atoms with E-state index >= 15 is 0 Å². The van der Waals surface area contributed by atoms with Crippen LogP contribution in [0.2, 0.25) is 0 Å². The van der Waals surface area contributed by atoms with E-state index in [-0.39, 0.29) is 12.8 Å². The van der Waals surface area contributed by atoms with Gasteiger partial charge in [-0.2, -0.15) is 0 Å². The molecule has 0 heterocycles. The molecule has 3 N–H and O–H groups in total. The van der Waals surface area contributed by atoms with E-state index in [1.807, 2.05) is 30.3 Å². The van der Waals surface area contributed by atoms with Gasteiger partial charge in [0.25, 0.3) is 5.91 Å². The van der Waals surface area contributed by atoms with Crippen LogP contribution in [0, 0.1) is 0 Å².